The average molecular weight is 319 g/mol. The monoisotopic (exact) mass is 319 g/mol. The number of carbonyl (C=O) groups excluding carboxylic acids is 1. The molecule has 0 radical (unpaired) electrons. The van der Waals surface area contributed by atoms with E-state index in [9.17, 15) is 14.3 Å². The first-order chi connectivity index (χ1) is 11.1. The van der Waals surface area contributed by atoms with Crippen LogP contribution in [-0.2, 0) is 4.79 Å². The fourth-order valence-corrected chi connectivity index (χ4v) is 4.06. The highest BCUT2D eigenvalue weighted by molar-refractivity contribution is 5.92. The number of halogens is 1. The van der Waals surface area contributed by atoms with Crippen LogP contribution in [0.25, 0.3) is 6.08 Å². The van der Waals surface area contributed by atoms with Crippen molar-refractivity contribution >= 4 is 12.0 Å². The number of benzene rings is 1. The molecule has 1 aromatic rings. The van der Waals surface area contributed by atoms with E-state index in [0.717, 1.165) is 19.3 Å². The number of hydrogen-bond donors (Lipinski definition) is 2. The summed E-state index contributed by atoms with van der Waals surface area (Å²) in [6.45, 7) is 0.130. The van der Waals surface area contributed by atoms with Gasteiger partial charge < -0.3 is 15.2 Å². The van der Waals surface area contributed by atoms with Gasteiger partial charge in [-0.2, -0.15) is 0 Å². The Morgan fingerprint density at radius 2 is 2.22 bits per heavy atom. The molecule has 0 aliphatic heterocycles. The number of rotatable bonds is 5. The van der Waals surface area contributed by atoms with Crippen LogP contribution in [0.5, 0.6) is 5.75 Å². The third-order valence-corrected chi connectivity index (χ3v) is 5.21. The molecule has 23 heavy (non-hydrogen) atoms. The minimum Gasteiger partial charge on any atom is -0.494 e. The van der Waals surface area contributed by atoms with Crippen LogP contribution in [-0.4, -0.2) is 30.8 Å². The van der Waals surface area contributed by atoms with Crippen LogP contribution in [0.1, 0.15) is 24.8 Å². The van der Waals surface area contributed by atoms with Crippen LogP contribution >= 0.6 is 0 Å². The lowest BCUT2D eigenvalue weighted by Gasteiger charge is -2.30. The number of fused-ring (bicyclic) bond motifs is 2. The second-order valence-electron chi connectivity index (χ2n) is 6.44. The molecule has 5 heteroatoms. The summed E-state index contributed by atoms with van der Waals surface area (Å²) in [7, 11) is 1.41. The standard InChI is InChI=1S/C18H22FNO3/c1-23-16-8-11(2-6-15(16)19)3-7-17(22)20-18-13-5-4-12(9-13)14(18)10-21/h2-3,6-8,12-14,18,21H,4-5,9-10H2,1H3,(H,20,22)/b7-3+. The van der Waals surface area contributed by atoms with Crippen LogP contribution in [0.3, 0.4) is 0 Å². The van der Waals surface area contributed by atoms with Crippen molar-refractivity contribution < 1.29 is 19.0 Å². The van der Waals surface area contributed by atoms with Crippen molar-refractivity contribution in [1.82, 2.24) is 5.32 Å². The first-order valence-electron chi connectivity index (χ1n) is 8.05. The third kappa shape index (κ3) is 3.24. The van der Waals surface area contributed by atoms with E-state index in [1.807, 2.05) is 0 Å². The van der Waals surface area contributed by atoms with Crippen molar-refractivity contribution in [1.29, 1.82) is 0 Å². The van der Waals surface area contributed by atoms with Gasteiger partial charge in [-0.3, -0.25) is 4.79 Å². The molecule has 2 saturated carbocycles. The Morgan fingerprint density at radius 3 is 2.96 bits per heavy atom. The van der Waals surface area contributed by atoms with Gasteiger partial charge in [-0.25, -0.2) is 4.39 Å². The van der Waals surface area contributed by atoms with Crippen molar-refractivity contribution in [3.05, 3.63) is 35.7 Å². The second kappa shape index (κ2) is 6.71. The van der Waals surface area contributed by atoms with E-state index in [4.69, 9.17) is 4.74 Å². The smallest absolute Gasteiger partial charge is 0.244 e. The van der Waals surface area contributed by atoms with Gasteiger partial charge in [0, 0.05) is 24.6 Å². The van der Waals surface area contributed by atoms with E-state index in [0.29, 0.717) is 17.4 Å². The van der Waals surface area contributed by atoms with Crippen molar-refractivity contribution in [2.24, 2.45) is 17.8 Å². The normalized spacial score (nSPS) is 29.2. The lowest BCUT2D eigenvalue weighted by atomic mass is 9.85. The van der Waals surface area contributed by atoms with Gasteiger partial charge in [-0.1, -0.05) is 6.07 Å². The third-order valence-electron chi connectivity index (χ3n) is 5.21. The number of ether oxygens (including phenoxy) is 1. The van der Waals surface area contributed by atoms with Crippen LogP contribution in [0.15, 0.2) is 24.3 Å². The zero-order chi connectivity index (χ0) is 16.4. The summed E-state index contributed by atoms with van der Waals surface area (Å²) in [6.07, 6.45) is 6.49. The number of aliphatic hydroxyl groups excluding tert-OH is 1. The Bertz CT molecular complexity index is 616. The molecule has 0 spiro atoms. The number of aliphatic hydroxyl groups is 1. The highest BCUT2D eigenvalue weighted by Crippen LogP contribution is 2.48. The van der Waals surface area contributed by atoms with E-state index in [1.54, 1.807) is 18.2 Å². The predicted octanol–water partition coefficient (Wildman–Crippen LogP) is 2.37. The van der Waals surface area contributed by atoms with E-state index in [1.165, 1.54) is 19.3 Å². The highest BCUT2D eigenvalue weighted by Gasteiger charge is 2.47. The summed E-state index contributed by atoms with van der Waals surface area (Å²) < 4.78 is 18.3. The summed E-state index contributed by atoms with van der Waals surface area (Å²) in [6, 6.07) is 4.52. The van der Waals surface area contributed by atoms with E-state index in [2.05, 4.69) is 5.32 Å². The van der Waals surface area contributed by atoms with Crippen LogP contribution in [0.4, 0.5) is 4.39 Å². The van der Waals surface area contributed by atoms with Gasteiger partial charge in [0.1, 0.15) is 0 Å². The Morgan fingerprint density at radius 1 is 1.43 bits per heavy atom. The Kier molecular flexibility index (Phi) is 4.66. The summed E-state index contributed by atoms with van der Waals surface area (Å²) in [5.41, 5.74) is 0.699. The van der Waals surface area contributed by atoms with E-state index in [-0.39, 0.29) is 30.2 Å². The quantitative estimate of drug-likeness (QED) is 0.819. The molecular formula is C18H22FNO3. The molecule has 0 aromatic heterocycles. The molecule has 3 rings (SSSR count). The Labute approximate surface area is 135 Å². The Hall–Kier alpha value is -1.88. The number of carbonyl (C=O) groups is 1. The molecule has 2 aliphatic carbocycles. The molecule has 0 saturated heterocycles. The van der Waals surface area contributed by atoms with Crippen molar-refractivity contribution in [3.8, 4) is 5.75 Å². The molecule has 4 nitrogen and oxygen atoms in total. The molecule has 124 valence electrons. The summed E-state index contributed by atoms with van der Waals surface area (Å²) >= 11 is 0. The fraction of sp³-hybridized carbons (Fsp3) is 0.500. The predicted molar refractivity (Wildman–Crippen MR) is 85.3 cm³/mol. The summed E-state index contributed by atoms with van der Waals surface area (Å²) in [5.74, 6) is 0.755. The minimum absolute atomic E-state index is 0.0682. The number of amides is 1. The molecule has 4 atom stereocenters. The van der Waals surface area contributed by atoms with Crippen LogP contribution in [0.2, 0.25) is 0 Å². The zero-order valence-corrected chi connectivity index (χ0v) is 13.2. The molecule has 4 unspecified atom stereocenters. The van der Waals surface area contributed by atoms with Crippen LogP contribution in [0, 0.1) is 23.6 Å². The van der Waals surface area contributed by atoms with Crippen molar-refractivity contribution in [2.45, 2.75) is 25.3 Å². The summed E-state index contributed by atoms with van der Waals surface area (Å²) in [4.78, 5) is 12.1. The minimum atomic E-state index is -0.429. The highest BCUT2D eigenvalue weighted by atomic mass is 19.1. The second-order valence-corrected chi connectivity index (χ2v) is 6.44. The fourth-order valence-electron chi connectivity index (χ4n) is 4.06. The van der Waals surface area contributed by atoms with Gasteiger partial charge in [0.05, 0.1) is 7.11 Å². The molecule has 2 aliphatic rings. The largest absolute Gasteiger partial charge is 0.494 e. The topological polar surface area (TPSA) is 58.6 Å². The number of methoxy groups -OCH3 is 1. The molecule has 2 fully saturated rings. The van der Waals surface area contributed by atoms with Gasteiger partial charge in [-0.15, -0.1) is 0 Å². The number of hydrogen-bond acceptors (Lipinski definition) is 3. The van der Waals surface area contributed by atoms with Gasteiger partial charge >= 0.3 is 0 Å². The molecule has 0 heterocycles. The molecule has 2 N–H and O–H groups in total. The van der Waals surface area contributed by atoms with Crippen molar-refractivity contribution in [3.63, 3.8) is 0 Å². The SMILES string of the molecule is COc1cc(/C=C/C(=O)NC2C3CCC(C3)C2CO)ccc1F. The average Bonchev–Trinajstić information content (AvgIpc) is 3.15. The lowest BCUT2D eigenvalue weighted by molar-refractivity contribution is -0.117. The first kappa shape index (κ1) is 16.0. The van der Waals surface area contributed by atoms with Gasteiger partial charge in [0.2, 0.25) is 5.91 Å². The maximum Gasteiger partial charge on any atom is 0.244 e. The maximum atomic E-state index is 13.4. The zero-order valence-electron chi connectivity index (χ0n) is 13.2. The molecule has 2 bridgehead atoms. The first-order valence-corrected chi connectivity index (χ1v) is 8.05. The van der Waals surface area contributed by atoms with E-state index >= 15 is 0 Å². The maximum absolute atomic E-state index is 13.4. The van der Waals surface area contributed by atoms with E-state index < -0.39 is 5.82 Å². The van der Waals surface area contributed by atoms with Crippen LogP contribution < -0.4 is 10.1 Å². The molecular weight excluding hydrogens is 297 g/mol. The van der Waals surface area contributed by atoms with Gasteiger partial charge in [-0.05, 0) is 54.9 Å². The molecule has 1 amide bonds. The summed E-state index contributed by atoms with van der Waals surface area (Å²) in [5, 5.41) is 12.6. The molecule has 1 aromatic carbocycles. The van der Waals surface area contributed by atoms with Gasteiger partial charge in [0.15, 0.2) is 11.6 Å². The lowest BCUT2D eigenvalue weighted by Crippen LogP contribution is -2.44. The number of nitrogens with one attached hydrogen (secondary N) is 1. The van der Waals surface area contributed by atoms with Gasteiger partial charge in [0.25, 0.3) is 0 Å². The van der Waals surface area contributed by atoms with Crippen molar-refractivity contribution in [2.75, 3.05) is 13.7 Å². The Balaban J connectivity index is 1.63.